The second-order valence-electron chi connectivity index (χ2n) is 15.1. The Morgan fingerprint density at radius 1 is 0.379 bits per heavy atom. The number of thiazole rings is 1. The molecule has 5 heteroatoms. The molecule has 9 aromatic carbocycles. The quantitative estimate of drug-likeness (QED) is 0.175. The molecule has 0 aliphatic carbocycles. The lowest BCUT2D eigenvalue weighted by atomic mass is 9.99. The van der Waals surface area contributed by atoms with Crippen molar-refractivity contribution in [2.24, 2.45) is 0 Å². The summed E-state index contributed by atoms with van der Waals surface area (Å²) in [5, 5.41) is 10.9. The minimum Gasteiger partial charge on any atom is -0.309 e. The molecule has 58 heavy (non-hydrogen) atoms. The van der Waals surface area contributed by atoms with E-state index in [0.717, 1.165) is 21.7 Å². The van der Waals surface area contributed by atoms with Crippen molar-refractivity contribution in [3.8, 4) is 33.1 Å². The Balaban J connectivity index is 1.06. The van der Waals surface area contributed by atoms with Gasteiger partial charge in [0.25, 0.3) is 0 Å². The lowest BCUT2D eigenvalue weighted by molar-refractivity contribution is 1.15. The third-order valence-electron chi connectivity index (χ3n) is 11.9. The maximum absolute atomic E-state index is 5.65. The first-order valence-corrected chi connectivity index (χ1v) is 21.2. The van der Waals surface area contributed by atoms with Crippen molar-refractivity contribution < 1.29 is 0 Å². The number of aromatic nitrogens is 3. The second kappa shape index (κ2) is 12.2. The molecule has 0 atom stereocenters. The molecule has 13 rings (SSSR count). The fourth-order valence-corrected chi connectivity index (χ4v) is 11.6. The number of fused-ring (bicyclic) bond motifs is 12. The van der Waals surface area contributed by atoms with Gasteiger partial charge in [0.15, 0.2) is 5.13 Å². The van der Waals surface area contributed by atoms with E-state index in [1.54, 1.807) is 11.3 Å². The summed E-state index contributed by atoms with van der Waals surface area (Å²) in [5.74, 6) is 0. The minimum absolute atomic E-state index is 0.976. The zero-order chi connectivity index (χ0) is 37.9. The molecule has 0 aliphatic heterocycles. The standard InChI is InChI=1S/C53H31N3S2/c1-2-14-37(15-3-1)55-44-19-9-7-17-39(44)43-29-34(25-27-46(43)55)35-24-26-40-38-16-6-10-20-45(38)56(47(40)30-35)53-54-51-50-41-18-8-11-21-48(41)57-49(50)31-42(52(51)58-53)36-23-22-32-12-4-5-13-33(32)28-36/h1-31H. The molecule has 270 valence electrons. The van der Waals surface area contributed by atoms with Crippen LogP contribution in [0.5, 0.6) is 0 Å². The summed E-state index contributed by atoms with van der Waals surface area (Å²) in [6.45, 7) is 0. The number of hydrogen-bond acceptors (Lipinski definition) is 3. The van der Waals surface area contributed by atoms with Gasteiger partial charge in [0, 0.05) is 53.0 Å². The van der Waals surface area contributed by atoms with E-state index in [0.29, 0.717) is 0 Å². The van der Waals surface area contributed by atoms with Crippen LogP contribution in [0.1, 0.15) is 0 Å². The van der Waals surface area contributed by atoms with Crippen LogP contribution in [0.25, 0.3) is 118 Å². The normalized spacial score (nSPS) is 12.1. The van der Waals surface area contributed by atoms with E-state index in [-0.39, 0.29) is 0 Å². The first-order chi connectivity index (χ1) is 28.7. The van der Waals surface area contributed by atoms with E-state index >= 15 is 0 Å². The zero-order valence-electron chi connectivity index (χ0n) is 31.1. The summed E-state index contributed by atoms with van der Waals surface area (Å²) in [6.07, 6.45) is 0. The smallest absolute Gasteiger partial charge is 0.195 e. The Morgan fingerprint density at radius 2 is 1.02 bits per heavy atom. The Labute approximate surface area is 340 Å². The van der Waals surface area contributed by atoms with E-state index in [1.807, 2.05) is 11.3 Å². The highest BCUT2D eigenvalue weighted by Crippen LogP contribution is 2.47. The largest absolute Gasteiger partial charge is 0.309 e. The molecule has 13 aromatic rings. The van der Waals surface area contributed by atoms with E-state index in [1.165, 1.54) is 96.2 Å². The molecule has 0 saturated heterocycles. The molecule has 0 spiro atoms. The van der Waals surface area contributed by atoms with Gasteiger partial charge in [0.05, 0.1) is 32.3 Å². The SMILES string of the molecule is c1ccc(-n2c3ccccc3c3cc(-c4ccc5c6ccccc6n(-c6nc7c(s6)c(-c6ccc8ccccc8c6)cc6sc8ccccc8c67)c5c4)ccc32)cc1. The van der Waals surface area contributed by atoms with E-state index < -0.39 is 0 Å². The van der Waals surface area contributed by atoms with Crippen LogP contribution < -0.4 is 0 Å². The Hall–Kier alpha value is -7.05. The fraction of sp³-hybridized carbons (Fsp3) is 0. The fourth-order valence-electron chi connectivity index (χ4n) is 9.30. The van der Waals surface area contributed by atoms with Crippen LogP contribution in [0.3, 0.4) is 0 Å². The average molecular weight is 774 g/mol. The Morgan fingerprint density at radius 3 is 1.88 bits per heavy atom. The van der Waals surface area contributed by atoms with Crippen molar-refractivity contribution in [2.45, 2.75) is 0 Å². The summed E-state index contributed by atoms with van der Waals surface area (Å²) >= 11 is 3.66. The summed E-state index contributed by atoms with van der Waals surface area (Å²) in [6, 6.07) is 68.8. The first kappa shape index (κ1) is 32.1. The second-order valence-corrected chi connectivity index (χ2v) is 17.2. The molecular formula is C53H31N3S2. The number of rotatable bonds is 4. The Kier molecular flexibility index (Phi) is 6.76. The molecule has 0 fully saturated rings. The van der Waals surface area contributed by atoms with E-state index in [2.05, 4.69) is 197 Å². The van der Waals surface area contributed by atoms with Gasteiger partial charge in [-0.2, -0.15) is 0 Å². The summed E-state index contributed by atoms with van der Waals surface area (Å²) in [7, 11) is 0. The van der Waals surface area contributed by atoms with Crippen LogP contribution in [-0.4, -0.2) is 14.1 Å². The van der Waals surface area contributed by atoms with Gasteiger partial charge in [-0.3, -0.25) is 4.57 Å². The molecule has 0 amide bonds. The summed E-state index contributed by atoms with van der Waals surface area (Å²) in [4.78, 5) is 5.65. The van der Waals surface area contributed by atoms with Gasteiger partial charge < -0.3 is 4.57 Å². The maximum Gasteiger partial charge on any atom is 0.195 e. The molecule has 0 saturated carbocycles. The minimum atomic E-state index is 0.976. The number of para-hydroxylation sites is 3. The number of thiophene rings is 1. The van der Waals surface area contributed by atoms with Crippen molar-refractivity contribution in [3.05, 3.63) is 188 Å². The van der Waals surface area contributed by atoms with Crippen molar-refractivity contribution in [3.63, 3.8) is 0 Å². The molecule has 0 bridgehead atoms. The molecule has 3 nitrogen and oxygen atoms in total. The van der Waals surface area contributed by atoms with Crippen LogP contribution in [0.4, 0.5) is 0 Å². The van der Waals surface area contributed by atoms with E-state index in [9.17, 15) is 0 Å². The molecule has 4 aromatic heterocycles. The van der Waals surface area contributed by atoms with Gasteiger partial charge in [0.2, 0.25) is 0 Å². The molecule has 0 radical (unpaired) electrons. The highest BCUT2D eigenvalue weighted by molar-refractivity contribution is 7.26. The highest BCUT2D eigenvalue weighted by Gasteiger charge is 2.22. The Bertz CT molecular complexity index is 3810. The summed E-state index contributed by atoms with van der Waals surface area (Å²) in [5.41, 5.74) is 11.8. The first-order valence-electron chi connectivity index (χ1n) is 19.6. The van der Waals surface area contributed by atoms with Gasteiger partial charge in [-0.1, -0.05) is 139 Å². The van der Waals surface area contributed by atoms with Gasteiger partial charge in [0.1, 0.15) is 0 Å². The molecule has 0 aliphatic rings. The monoisotopic (exact) mass is 773 g/mol. The van der Waals surface area contributed by atoms with Crippen molar-refractivity contribution in [1.82, 2.24) is 14.1 Å². The van der Waals surface area contributed by atoms with Crippen LogP contribution in [0.2, 0.25) is 0 Å². The lowest BCUT2D eigenvalue weighted by Crippen LogP contribution is -1.93. The molecule has 0 N–H and O–H groups in total. The highest BCUT2D eigenvalue weighted by atomic mass is 32.1. The van der Waals surface area contributed by atoms with E-state index in [4.69, 9.17) is 4.98 Å². The summed E-state index contributed by atoms with van der Waals surface area (Å²) < 4.78 is 8.55. The van der Waals surface area contributed by atoms with Crippen molar-refractivity contribution in [1.29, 1.82) is 0 Å². The average Bonchev–Trinajstić information content (AvgIpc) is 4.05. The number of nitrogens with zero attached hydrogens (tertiary/aromatic N) is 3. The van der Waals surface area contributed by atoms with Crippen LogP contribution >= 0.6 is 22.7 Å². The van der Waals surface area contributed by atoms with Gasteiger partial charge >= 0.3 is 0 Å². The van der Waals surface area contributed by atoms with Gasteiger partial charge in [-0.15, -0.1) is 11.3 Å². The predicted octanol–water partition coefficient (Wildman–Crippen LogP) is 15.3. The van der Waals surface area contributed by atoms with Crippen LogP contribution in [-0.2, 0) is 0 Å². The van der Waals surface area contributed by atoms with Crippen molar-refractivity contribution in [2.75, 3.05) is 0 Å². The number of benzene rings is 9. The number of hydrogen-bond donors (Lipinski definition) is 0. The van der Waals surface area contributed by atoms with Crippen LogP contribution in [0.15, 0.2) is 188 Å². The van der Waals surface area contributed by atoms with Gasteiger partial charge in [-0.25, -0.2) is 4.98 Å². The molecule has 0 unspecified atom stereocenters. The molecule has 4 heterocycles. The topological polar surface area (TPSA) is 22.8 Å². The van der Waals surface area contributed by atoms with Gasteiger partial charge in [-0.05, 0) is 88.1 Å². The third-order valence-corrected chi connectivity index (χ3v) is 14.1. The molecular weight excluding hydrogens is 743 g/mol. The van der Waals surface area contributed by atoms with Crippen molar-refractivity contribution >= 4 is 107 Å². The maximum atomic E-state index is 5.65. The predicted molar refractivity (Wildman–Crippen MR) is 250 cm³/mol. The van der Waals surface area contributed by atoms with Crippen LogP contribution in [0, 0.1) is 0 Å². The zero-order valence-corrected chi connectivity index (χ0v) is 32.7. The third kappa shape index (κ3) is 4.63. The lowest BCUT2D eigenvalue weighted by Gasteiger charge is -2.09.